The van der Waals surface area contributed by atoms with Crippen LogP contribution in [0.1, 0.15) is 38.3 Å². The Morgan fingerprint density at radius 2 is 1.77 bits per heavy atom. The van der Waals surface area contributed by atoms with Gasteiger partial charge >= 0.3 is 22.2 Å². The molecule has 5 nitrogen and oxygen atoms in total. The Kier molecular flexibility index (Phi) is 6.41. The summed E-state index contributed by atoms with van der Waals surface area (Å²) < 4.78 is 0. The average molecular weight is 368 g/mol. The van der Waals surface area contributed by atoms with Crippen molar-refractivity contribution in [3.8, 4) is 0 Å². The van der Waals surface area contributed by atoms with E-state index in [-0.39, 0.29) is 17.1 Å². The van der Waals surface area contributed by atoms with Crippen LogP contribution < -0.4 is 0 Å². The molecule has 1 aromatic heterocycles. The van der Waals surface area contributed by atoms with E-state index in [0.717, 1.165) is 41.5 Å². The van der Waals surface area contributed by atoms with Gasteiger partial charge in [-0.3, -0.25) is 9.97 Å². The molecule has 0 atom stereocenters. The predicted octanol–water partition coefficient (Wildman–Crippen LogP) is 1.69. The number of hydrogen-bond acceptors (Lipinski definition) is 4. The first kappa shape index (κ1) is 17.4. The van der Waals surface area contributed by atoms with E-state index in [1.807, 2.05) is 6.92 Å². The van der Waals surface area contributed by atoms with E-state index >= 15 is 0 Å². The second-order valence-corrected chi connectivity index (χ2v) is 6.44. The van der Waals surface area contributed by atoms with Crippen LogP contribution >= 0.6 is 0 Å². The van der Waals surface area contributed by atoms with Crippen LogP contribution in [0.5, 0.6) is 0 Å². The van der Waals surface area contributed by atoms with Crippen LogP contribution in [-0.2, 0) is 29.7 Å². The minimum Gasteiger partial charge on any atom is -0.315 e. The summed E-state index contributed by atoms with van der Waals surface area (Å²) in [4.78, 5) is 10.6. The number of amidine groups is 1. The molecule has 121 valence electrons. The van der Waals surface area contributed by atoms with Crippen LogP contribution in [0.4, 0.5) is 0 Å². The Hall–Kier alpha value is -0.911. The number of fused-ring (bicyclic) bond motifs is 4. The summed E-state index contributed by atoms with van der Waals surface area (Å²) in [6.07, 6.45) is 10.5. The van der Waals surface area contributed by atoms with Crippen molar-refractivity contribution >= 4 is 23.5 Å². The molecule has 1 aromatic rings. The van der Waals surface area contributed by atoms with Gasteiger partial charge in [-0.25, -0.2) is 0 Å². The third kappa shape index (κ3) is 4.31. The van der Waals surface area contributed by atoms with E-state index in [2.05, 4.69) is 37.7 Å². The molecule has 3 fully saturated rings. The maximum absolute atomic E-state index is 4.34. The molecule has 2 aliphatic heterocycles. The number of hydrogen-bond donors (Lipinski definition) is 0. The molecule has 2 bridgehead atoms. The van der Waals surface area contributed by atoms with E-state index in [1.165, 1.54) is 25.7 Å². The number of aromatic nitrogens is 2. The quantitative estimate of drug-likeness (QED) is 0.263. The van der Waals surface area contributed by atoms with Crippen LogP contribution in [-0.4, -0.2) is 38.8 Å². The molecule has 7 heteroatoms. The van der Waals surface area contributed by atoms with E-state index in [0.29, 0.717) is 0 Å². The first-order chi connectivity index (χ1) is 10.2. The second-order valence-electron chi connectivity index (χ2n) is 5.99. The first-order valence-corrected chi connectivity index (χ1v) is 8.07. The normalized spacial score (nSPS) is 25.6. The van der Waals surface area contributed by atoms with Gasteiger partial charge in [-0.05, 0) is 44.4 Å². The van der Waals surface area contributed by atoms with Crippen molar-refractivity contribution in [1.29, 1.82) is 0 Å². The molecule has 22 heavy (non-hydrogen) atoms. The smallest absolute Gasteiger partial charge is 0.315 e. The van der Waals surface area contributed by atoms with Gasteiger partial charge in [-0.15, -0.1) is 5.10 Å². The van der Waals surface area contributed by atoms with Gasteiger partial charge in [-0.1, -0.05) is 5.10 Å². The molecule has 3 aliphatic rings. The third-order valence-electron chi connectivity index (χ3n) is 4.45. The maximum atomic E-state index is 4.34. The van der Waals surface area contributed by atoms with Crippen LogP contribution in [0, 0.1) is 11.8 Å². The van der Waals surface area contributed by atoms with E-state index < -0.39 is 0 Å². The zero-order chi connectivity index (χ0) is 14.7. The third-order valence-corrected chi connectivity index (χ3v) is 4.87. The van der Waals surface area contributed by atoms with Crippen molar-refractivity contribution in [2.45, 2.75) is 32.6 Å². The van der Waals surface area contributed by atoms with Gasteiger partial charge in [0.25, 0.3) is 0 Å². The SMILES string of the molecule is CC(=NN=C([SH2+])N1CC2CCC(CC2)C1)c1cnccn1.[Cu+2]. The Bertz CT molecular complexity index is 526. The molecule has 4 rings (SSSR count). The average Bonchev–Trinajstić information content (AvgIpc) is 2.87. The monoisotopic (exact) mass is 367 g/mol. The standard InChI is InChI=1S/C15H21N5S.Cu/c1-11(14-8-16-6-7-17-14)18-19-15(21)20-9-12-2-3-13(10-20)5-4-12;/h6-8,12-13H,2-5,9-10H2,1H3,(H,19,21);/q;+2/p+1. The Morgan fingerprint density at radius 3 is 2.32 bits per heavy atom. The molecule has 0 N–H and O–H groups in total. The summed E-state index contributed by atoms with van der Waals surface area (Å²) in [6.45, 7) is 4.09. The van der Waals surface area contributed by atoms with Crippen molar-refractivity contribution < 1.29 is 17.1 Å². The molecule has 1 radical (unpaired) electrons. The molecule has 0 unspecified atom stereocenters. The number of rotatable bonds is 2. The summed E-state index contributed by atoms with van der Waals surface area (Å²) in [5.41, 5.74) is 1.54. The van der Waals surface area contributed by atoms with Crippen LogP contribution in [0.15, 0.2) is 28.8 Å². The molecule has 0 amide bonds. The number of nitrogens with zero attached hydrogens (tertiary/aromatic N) is 5. The molecule has 2 saturated heterocycles. The van der Waals surface area contributed by atoms with Crippen LogP contribution in [0.25, 0.3) is 0 Å². The first-order valence-electron chi connectivity index (χ1n) is 7.57. The largest absolute Gasteiger partial charge is 2.00 e. The van der Waals surface area contributed by atoms with Crippen molar-refractivity contribution in [1.82, 2.24) is 14.9 Å². The maximum Gasteiger partial charge on any atom is 2.00 e. The molecule has 0 spiro atoms. The van der Waals surface area contributed by atoms with Crippen molar-refractivity contribution in [3.05, 3.63) is 24.3 Å². The summed E-state index contributed by atoms with van der Waals surface area (Å²) in [5.74, 6) is 1.63. The zero-order valence-electron chi connectivity index (χ0n) is 12.7. The van der Waals surface area contributed by atoms with Crippen LogP contribution in [0.3, 0.4) is 0 Å². The van der Waals surface area contributed by atoms with Gasteiger partial charge in [0, 0.05) is 38.1 Å². The van der Waals surface area contributed by atoms with Gasteiger partial charge in [0.15, 0.2) is 0 Å². The summed E-state index contributed by atoms with van der Waals surface area (Å²) in [5, 5.41) is 9.45. The van der Waals surface area contributed by atoms with Gasteiger partial charge < -0.3 is 4.90 Å². The Labute approximate surface area is 147 Å². The Balaban J connectivity index is 0.00000176. The van der Waals surface area contributed by atoms with E-state index in [1.54, 1.807) is 18.6 Å². The predicted molar refractivity (Wildman–Crippen MR) is 88.9 cm³/mol. The molecule has 1 aliphatic carbocycles. The van der Waals surface area contributed by atoms with Gasteiger partial charge in [-0.2, -0.15) is 0 Å². The Morgan fingerprint density at radius 1 is 1.14 bits per heavy atom. The van der Waals surface area contributed by atoms with Gasteiger partial charge in [0.05, 0.1) is 11.9 Å². The fourth-order valence-electron chi connectivity index (χ4n) is 3.19. The molecule has 0 aromatic carbocycles. The van der Waals surface area contributed by atoms with E-state index in [9.17, 15) is 0 Å². The molecular formula is C15H22CuN5S+3. The van der Waals surface area contributed by atoms with Crippen LogP contribution in [0.2, 0.25) is 0 Å². The van der Waals surface area contributed by atoms with Crippen molar-refractivity contribution in [2.75, 3.05) is 13.1 Å². The zero-order valence-corrected chi connectivity index (χ0v) is 14.6. The fraction of sp³-hybridized carbons (Fsp3) is 0.600. The fourth-order valence-corrected chi connectivity index (χ4v) is 3.42. The van der Waals surface area contributed by atoms with E-state index in [4.69, 9.17) is 0 Å². The summed E-state index contributed by atoms with van der Waals surface area (Å²) in [6, 6.07) is 0. The minimum absolute atomic E-state index is 0. The van der Waals surface area contributed by atoms with Crippen molar-refractivity contribution in [3.63, 3.8) is 0 Å². The second kappa shape index (κ2) is 8.09. The van der Waals surface area contributed by atoms with Crippen molar-refractivity contribution in [2.24, 2.45) is 22.0 Å². The minimum atomic E-state index is 0. The summed E-state index contributed by atoms with van der Waals surface area (Å²) >= 11 is 3.65. The molecule has 1 saturated carbocycles. The molecule has 3 heterocycles. The topological polar surface area (TPSA) is 53.7 Å². The van der Waals surface area contributed by atoms with Gasteiger partial charge in [0.1, 0.15) is 5.69 Å². The summed E-state index contributed by atoms with van der Waals surface area (Å²) in [7, 11) is 0. The molecular weight excluding hydrogens is 346 g/mol. The van der Waals surface area contributed by atoms with Gasteiger partial charge in [0.2, 0.25) is 0 Å².